The Kier molecular flexibility index (Phi) is 16.5. The van der Waals surface area contributed by atoms with Crippen molar-refractivity contribution >= 4 is 37.7 Å². The van der Waals surface area contributed by atoms with Crippen LogP contribution in [-0.2, 0) is 13.7 Å². The molecule has 0 aromatic heterocycles. The standard InChI is InChI=1S/C37H54B3N3O11/c41-22-29(25-8-1-9-25)26-10-2-13-32(49-19-5-16-44)35(26)38-52-39(36-27(30(47)23-42)11-3-14-33(36)50-20-6-17-45)54-40(53-38)37-28(31(48)24-43)12-4-15-34(37)51-21-7-18-46/h2-4,10-15,25,29-31,44-48H,1,5-9,16-24,41-43H2. The first-order chi connectivity index (χ1) is 26.4. The molecular weight excluding hydrogens is 695 g/mol. The molecule has 0 amide bonds. The monoisotopic (exact) mass is 749 g/mol. The Bertz CT molecular complexity index is 1530. The Morgan fingerprint density at radius 1 is 0.574 bits per heavy atom. The molecule has 11 N–H and O–H groups in total. The summed E-state index contributed by atoms with van der Waals surface area (Å²) in [6.45, 7) is 0.476. The van der Waals surface area contributed by atoms with E-state index >= 15 is 0 Å². The molecule has 2 fully saturated rings. The Balaban J connectivity index is 1.73. The SMILES string of the molecule is NCC(O)c1cccc(OCCCO)c1B1OB(c2c(OCCCO)cccc2C(O)CN)OB(c2c(OCCCO)cccc2C(CN)C2CCC2)O1. The summed E-state index contributed by atoms with van der Waals surface area (Å²) in [5, 5.41) is 51.1. The van der Waals surface area contributed by atoms with E-state index in [1.54, 1.807) is 36.4 Å². The van der Waals surface area contributed by atoms with Gasteiger partial charge in [-0.05, 0) is 66.1 Å². The lowest BCUT2D eigenvalue weighted by Gasteiger charge is -2.38. The van der Waals surface area contributed by atoms with Crippen LogP contribution < -0.4 is 47.8 Å². The van der Waals surface area contributed by atoms with Gasteiger partial charge in [-0.15, -0.1) is 0 Å². The van der Waals surface area contributed by atoms with Crippen molar-refractivity contribution in [1.82, 2.24) is 0 Å². The van der Waals surface area contributed by atoms with Crippen LogP contribution in [0.4, 0.5) is 0 Å². The molecule has 17 heteroatoms. The molecule has 2 aliphatic rings. The highest BCUT2D eigenvalue weighted by molar-refractivity contribution is 6.88. The lowest BCUT2D eigenvalue weighted by atomic mass is 9.57. The number of benzene rings is 3. The minimum Gasteiger partial charge on any atom is -0.494 e. The summed E-state index contributed by atoms with van der Waals surface area (Å²) in [7, 11) is -3.70. The first-order valence-corrected chi connectivity index (χ1v) is 18.9. The lowest BCUT2D eigenvalue weighted by Crippen LogP contribution is -2.63. The van der Waals surface area contributed by atoms with Gasteiger partial charge in [0.05, 0.1) is 32.0 Å². The molecule has 14 nitrogen and oxygen atoms in total. The van der Waals surface area contributed by atoms with Crippen LogP contribution in [0.15, 0.2) is 54.6 Å². The highest BCUT2D eigenvalue weighted by Crippen LogP contribution is 2.39. The van der Waals surface area contributed by atoms with Crippen LogP contribution in [0, 0.1) is 5.92 Å². The summed E-state index contributed by atoms with van der Waals surface area (Å²) in [5.41, 5.74) is 21.5. The molecule has 0 spiro atoms. The maximum atomic E-state index is 11.2. The summed E-state index contributed by atoms with van der Waals surface area (Å²) in [6.07, 6.45) is 2.01. The maximum Gasteiger partial charge on any atom is 0.471 e. The van der Waals surface area contributed by atoms with E-state index in [9.17, 15) is 25.5 Å². The van der Waals surface area contributed by atoms with E-state index < -0.39 is 33.6 Å². The number of hydrogen-bond donors (Lipinski definition) is 8. The van der Waals surface area contributed by atoms with Gasteiger partial charge in [0.25, 0.3) is 0 Å². The zero-order valence-corrected chi connectivity index (χ0v) is 30.8. The summed E-state index contributed by atoms with van der Waals surface area (Å²) in [4.78, 5) is 0. The predicted octanol–water partition coefficient (Wildman–Crippen LogP) is -0.654. The minimum absolute atomic E-state index is 0.0467. The second kappa shape index (κ2) is 21.2. The number of aliphatic hydroxyl groups is 5. The topological polar surface area (TPSA) is 235 Å². The molecule has 3 unspecified atom stereocenters. The summed E-state index contributed by atoms with van der Waals surface area (Å²) in [6, 6.07) is 16.1. The van der Waals surface area contributed by atoms with E-state index in [4.69, 9.17) is 45.1 Å². The third-order valence-electron chi connectivity index (χ3n) is 9.97. The Hall–Kier alpha value is -3.19. The van der Waals surface area contributed by atoms with Gasteiger partial charge >= 0.3 is 21.4 Å². The molecule has 54 heavy (non-hydrogen) atoms. The molecule has 292 valence electrons. The van der Waals surface area contributed by atoms with Crippen molar-refractivity contribution in [3.8, 4) is 17.2 Å². The van der Waals surface area contributed by atoms with Crippen LogP contribution in [0.5, 0.6) is 17.2 Å². The van der Waals surface area contributed by atoms with Crippen LogP contribution >= 0.6 is 0 Å². The number of rotatable bonds is 22. The van der Waals surface area contributed by atoms with Crippen LogP contribution in [0.3, 0.4) is 0 Å². The second-order valence-electron chi connectivity index (χ2n) is 13.5. The average molecular weight is 749 g/mol. The maximum absolute atomic E-state index is 11.2. The van der Waals surface area contributed by atoms with Crippen molar-refractivity contribution in [1.29, 1.82) is 0 Å². The van der Waals surface area contributed by atoms with Gasteiger partial charge < -0.3 is 70.7 Å². The smallest absolute Gasteiger partial charge is 0.471 e. The van der Waals surface area contributed by atoms with Gasteiger partial charge in [0.1, 0.15) is 17.2 Å². The van der Waals surface area contributed by atoms with Gasteiger partial charge in [-0.1, -0.05) is 42.8 Å². The first kappa shape index (κ1) is 42.0. The minimum atomic E-state index is -1.26. The molecule has 5 rings (SSSR count). The molecule has 1 aliphatic heterocycles. The molecule has 1 saturated heterocycles. The van der Waals surface area contributed by atoms with E-state index in [0.717, 1.165) is 24.8 Å². The zero-order chi connectivity index (χ0) is 38.5. The lowest BCUT2D eigenvalue weighted by molar-refractivity contribution is 0.185. The average Bonchev–Trinajstić information content (AvgIpc) is 3.18. The molecule has 3 aromatic carbocycles. The van der Waals surface area contributed by atoms with Gasteiger partial charge in [0.15, 0.2) is 0 Å². The van der Waals surface area contributed by atoms with E-state index in [0.29, 0.717) is 76.5 Å². The van der Waals surface area contributed by atoms with Crippen molar-refractivity contribution in [2.45, 2.75) is 56.7 Å². The van der Waals surface area contributed by atoms with Gasteiger partial charge in [0, 0.05) is 68.6 Å². The van der Waals surface area contributed by atoms with E-state index in [1.807, 2.05) is 18.2 Å². The van der Waals surface area contributed by atoms with Crippen molar-refractivity contribution < 1.29 is 53.5 Å². The van der Waals surface area contributed by atoms with Crippen molar-refractivity contribution in [2.24, 2.45) is 23.1 Å². The molecule has 1 heterocycles. The fourth-order valence-electron chi connectivity index (χ4n) is 6.97. The number of aliphatic hydroxyl groups excluding tert-OH is 5. The summed E-state index contributed by atoms with van der Waals surface area (Å²) < 4.78 is 39.0. The van der Waals surface area contributed by atoms with Crippen LogP contribution in [0.1, 0.15) is 73.3 Å². The Morgan fingerprint density at radius 2 is 0.944 bits per heavy atom. The van der Waals surface area contributed by atoms with Crippen LogP contribution in [0.2, 0.25) is 0 Å². The second-order valence-corrected chi connectivity index (χ2v) is 13.5. The predicted molar refractivity (Wildman–Crippen MR) is 208 cm³/mol. The number of hydrogen-bond acceptors (Lipinski definition) is 14. The van der Waals surface area contributed by atoms with Crippen molar-refractivity contribution in [3.05, 3.63) is 71.3 Å². The highest BCUT2D eigenvalue weighted by atomic mass is 16.7. The number of ether oxygens (including phenoxy) is 3. The number of nitrogens with two attached hydrogens (primary N) is 3. The molecular formula is C37H54B3N3O11. The molecule has 0 radical (unpaired) electrons. The fraction of sp³-hybridized carbons (Fsp3) is 0.514. The largest absolute Gasteiger partial charge is 0.494 e. The van der Waals surface area contributed by atoms with E-state index in [-0.39, 0.29) is 58.6 Å². The first-order valence-electron chi connectivity index (χ1n) is 18.9. The zero-order valence-electron chi connectivity index (χ0n) is 30.8. The molecule has 3 aromatic rings. The van der Waals surface area contributed by atoms with Crippen LogP contribution in [-0.4, -0.2) is 106 Å². The highest BCUT2D eigenvalue weighted by Gasteiger charge is 2.50. The Morgan fingerprint density at radius 3 is 1.26 bits per heavy atom. The third kappa shape index (κ3) is 9.97. The van der Waals surface area contributed by atoms with Gasteiger partial charge in [0.2, 0.25) is 0 Å². The molecule has 1 aliphatic carbocycles. The van der Waals surface area contributed by atoms with Crippen molar-refractivity contribution in [3.63, 3.8) is 0 Å². The molecule has 3 atom stereocenters. The van der Waals surface area contributed by atoms with Gasteiger partial charge in [-0.25, -0.2) is 0 Å². The fourth-order valence-corrected chi connectivity index (χ4v) is 6.97. The van der Waals surface area contributed by atoms with E-state index in [2.05, 4.69) is 0 Å². The Labute approximate surface area is 318 Å². The normalized spacial score (nSPS) is 16.6. The third-order valence-corrected chi connectivity index (χ3v) is 9.97. The quantitative estimate of drug-likeness (QED) is 0.0471. The molecule has 0 bridgehead atoms. The van der Waals surface area contributed by atoms with Gasteiger partial charge in [-0.2, -0.15) is 0 Å². The summed E-state index contributed by atoms with van der Waals surface area (Å²) in [5.74, 6) is 1.46. The van der Waals surface area contributed by atoms with Crippen molar-refractivity contribution in [2.75, 3.05) is 59.3 Å². The van der Waals surface area contributed by atoms with Crippen LogP contribution in [0.25, 0.3) is 0 Å². The van der Waals surface area contributed by atoms with Gasteiger partial charge in [-0.3, -0.25) is 0 Å². The van der Waals surface area contributed by atoms with E-state index in [1.165, 1.54) is 0 Å². The molecule has 1 saturated carbocycles. The summed E-state index contributed by atoms with van der Waals surface area (Å²) >= 11 is 0.